The first-order valence-corrected chi connectivity index (χ1v) is 8.65. The largest absolute Gasteiger partial charge is 0.451 e. The summed E-state index contributed by atoms with van der Waals surface area (Å²) in [5.74, 6) is 0.704. The predicted molar refractivity (Wildman–Crippen MR) is 92.7 cm³/mol. The van der Waals surface area contributed by atoms with Crippen LogP contribution in [0.15, 0.2) is 42.7 Å². The van der Waals surface area contributed by atoms with Crippen molar-refractivity contribution >= 4 is 23.6 Å². The van der Waals surface area contributed by atoms with Gasteiger partial charge in [0.2, 0.25) is 0 Å². The standard InChI is InChI=1S/C17H19N3O3S/c1-13-9-20-15(10-19-13)17(22)23-11-16(21)18-7-8-24-12-14-5-3-2-4-6-14/h2-6,9-10H,7-8,11-12H2,1H3,(H,18,21). The van der Waals surface area contributed by atoms with Crippen LogP contribution in [-0.4, -0.2) is 40.7 Å². The van der Waals surface area contributed by atoms with Gasteiger partial charge in [0, 0.05) is 24.2 Å². The van der Waals surface area contributed by atoms with E-state index < -0.39 is 5.97 Å². The van der Waals surface area contributed by atoms with Crippen molar-refractivity contribution in [3.05, 3.63) is 59.7 Å². The molecule has 0 atom stereocenters. The van der Waals surface area contributed by atoms with E-state index in [1.807, 2.05) is 18.2 Å². The van der Waals surface area contributed by atoms with Gasteiger partial charge in [-0.25, -0.2) is 9.78 Å². The Hall–Kier alpha value is -2.41. The Labute approximate surface area is 145 Å². The molecule has 1 aromatic heterocycles. The minimum absolute atomic E-state index is 0.0896. The molecule has 2 rings (SSSR count). The maximum Gasteiger partial charge on any atom is 0.359 e. The molecule has 1 heterocycles. The number of amides is 1. The van der Waals surface area contributed by atoms with Gasteiger partial charge >= 0.3 is 5.97 Å². The minimum atomic E-state index is -0.656. The lowest BCUT2D eigenvalue weighted by Crippen LogP contribution is -2.30. The lowest BCUT2D eigenvalue weighted by Gasteiger charge is -2.06. The smallest absolute Gasteiger partial charge is 0.359 e. The molecular formula is C17H19N3O3S. The fraction of sp³-hybridized carbons (Fsp3) is 0.294. The molecule has 6 nitrogen and oxygen atoms in total. The first-order chi connectivity index (χ1) is 11.6. The van der Waals surface area contributed by atoms with E-state index in [2.05, 4.69) is 27.4 Å². The molecule has 0 aliphatic rings. The van der Waals surface area contributed by atoms with Crippen LogP contribution in [0.25, 0.3) is 0 Å². The molecule has 126 valence electrons. The lowest BCUT2D eigenvalue weighted by atomic mass is 10.2. The van der Waals surface area contributed by atoms with Gasteiger partial charge in [-0.3, -0.25) is 9.78 Å². The molecule has 0 bridgehead atoms. The SMILES string of the molecule is Cc1cnc(C(=O)OCC(=O)NCCSCc2ccccc2)cn1. The molecule has 7 heteroatoms. The van der Waals surface area contributed by atoms with Gasteiger partial charge in [0.05, 0.1) is 11.9 Å². The molecule has 1 N–H and O–H groups in total. The Morgan fingerprint density at radius 1 is 1.17 bits per heavy atom. The molecule has 0 saturated heterocycles. The first-order valence-electron chi connectivity index (χ1n) is 7.49. The second-order valence-electron chi connectivity index (χ2n) is 5.01. The van der Waals surface area contributed by atoms with Gasteiger partial charge in [-0.2, -0.15) is 11.8 Å². The van der Waals surface area contributed by atoms with Crippen LogP contribution in [0.1, 0.15) is 21.7 Å². The molecule has 0 aliphatic heterocycles. The number of esters is 1. The zero-order valence-corrected chi connectivity index (χ0v) is 14.2. The van der Waals surface area contributed by atoms with Crippen molar-refractivity contribution in [2.75, 3.05) is 18.9 Å². The minimum Gasteiger partial charge on any atom is -0.451 e. The number of ether oxygens (including phenoxy) is 1. The summed E-state index contributed by atoms with van der Waals surface area (Å²) in [5, 5.41) is 2.71. The van der Waals surface area contributed by atoms with Crippen molar-refractivity contribution in [3.63, 3.8) is 0 Å². The van der Waals surface area contributed by atoms with E-state index >= 15 is 0 Å². The van der Waals surface area contributed by atoms with Crippen molar-refractivity contribution in [3.8, 4) is 0 Å². The number of nitrogens with one attached hydrogen (secondary N) is 1. The molecule has 0 aliphatic carbocycles. The van der Waals surface area contributed by atoms with Gasteiger partial charge in [-0.05, 0) is 12.5 Å². The highest BCUT2D eigenvalue weighted by atomic mass is 32.2. The summed E-state index contributed by atoms with van der Waals surface area (Å²) in [5.41, 5.74) is 2.05. The maximum absolute atomic E-state index is 11.7. The zero-order valence-electron chi connectivity index (χ0n) is 13.4. The fourth-order valence-corrected chi connectivity index (χ4v) is 2.60. The monoisotopic (exact) mass is 345 g/mol. The van der Waals surface area contributed by atoms with E-state index in [4.69, 9.17) is 4.74 Å². The molecule has 0 fully saturated rings. The Bertz CT molecular complexity index is 663. The summed E-state index contributed by atoms with van der Waals surface area (Å²) in [4.78, 5) is 31.2. The Morgan fingerprint density at radius 3 is 2.67 bits per heavy atom. The summed E-state index contributed by atoms with van der Waals surface area (Å²) in [6, 6.07) is 10.1. The van der Waals surface area contributed by atoms with Gasteiger partial charge in [-0.15, -0.1) is 0 Å². The number of thioether (sulfide) groups is 1. The maximum atomic E-state index is 11.7. The second-order valence-corrected chi connectivity index (χ2v) is 6.11. The van der Waals surface area contributed by atoms with Gasteiger partial charge in [0.1, 0.15) is 0 Å². The highest BCUT2D eigenvalue weighted by Gasteiger charge is 2.11. The van der Waals surface area contributed by atoms with Gasteiger partial charge in [0.25, 0.3) is 5.91 Å². The van der Waals surface area contributed by atoms with E-state index in [9.17, 15) is 9.59 Å². The number of rotatable bonds is 8. The van der Waals surface area contributed by atoms with Crippen LogP contribution in [0.4, 0.5) is 0 Å². The van der Waals surface area contributed by atoms with E-state index in [0.717, 1.165) is 11.5 Å². The Balaban J connectivity index is 1.58. The van der Waals surface area contributed by atoms with Crippen LogP contribution in [0, 0.1) is 6.92 Å². The third kappa shape index (κ3) is 6.37. The number of aryl methyl sites for hydroxylation is 1. The van der Waals surface area contributed by atoms with Crippen LogP contribution < -0.4 is 5.32 Å². The average Bonchev–Trinajstić information content (AvgIpc) is 2.61. The van der Waals surface area contributed by atoms with Gasteiger partial charge < -0.3 is 10.1 Å². The first kappa shape index (κ1) is 17.9. The van der Waals surface area contributed by atoms with Crippen molar-refractivity contribution < 1.29 is 14.3 Å². The van der Waals surface area contributed by atoms with E-state index in [0.29, 0.717) is 12.2 Å². The third-order valence-electron chi connectivity index (χ3n) is 3.00. The van der Waals surface area contributed by atoms with Crippen LogP contribution in [0.2, 0.25) is 0 Å². The number of benzene rings is 1. The van der Waals surface area contributed by atoms with E-state index in [1.54, 1.807) is 18.7 Å². The van der Waals surface area contributed by atoms with Crippen molar-refractivity contribution in [2.45, 2.75) is 12.7 Å². The molecule has 0 spiro atoms. The zero-order chi connectivity index (χ0) is 17.2. The molecule has 0 saturated carbocycles. The Kier molecular flexibility index (Phi) is 7.22. The summed E-state index contributed by atoms with van der Waals surface area (Å²) < 4.78 is 4.90. The van der Waals surface area contributed by atoms with Crippen molar-refractivity contribution in [1.29, 1.82) is 0 Å². The number of hydrogen-bond acceptors (Lipinski definition) is 6. The lowest BCUT2D eigenvalue weighted by molar-refractivity contribution is -0.124. The van der Waals surface area contributed by atoms with Crippen molar-refractivity contribution in [1.82, 2.24) is 15.3 Å². The number of carbonyl (C=O) groups excluding carboxylic acids is 2. The molecule has 0 unspecified atom stereocenters. The van der Waals surface area contributed by atoms with Gasteiger partial charge in [0.15, 0.2) is 12.3 Å². The number of carbonyl (C=O) groups is 2. The third-order valence-corrected chi connectivity index (χ3v) is 4.03. The van der Waals surface area contributed by atoms with Crippen LogP contribution in [0.3, 0.4) is 0 Å². The quantitative estimate of drug-likeness (QED) is 0.582. The van der Waals surface area contributed by atoms with E-state index in [-0.39, 0.29) is 18.2 Å². The van der Waals surface area contributed by atoms with Crippen LogP contribution >= 0.6 is 11.8 Å². The van der Waals surface area contributed by atoms with Crippen molar-refractivity contribution in [2.24, 2.45) is 0 Å². The highest BCUT2D eigenvalue weighted by Crippen LogP contribution is 2.10. The molecular weight excluding hydrogens is 326 g/mol. The summed E-state index contributed by atoms with van der Waals surface area (Å²) >= 11 is 1.73. The second kappa shape index (κ2) is 9.67. The number of hydrogen-bond donors (Lipinski definition) is 1. The molecule has 1 amide bonds. The summed E-state index contributed by atoms with van der Waals surface area (Å²) in [6.07, 6.45) is 2.80. The average molecular weight is 345 g/mol. The molecule has 0 radical (unpaired) electrons. The highest BCUT2D eigenvalue weighted by molar-refractivity contribution is 7.98. The Morgan fingerprint density at radius 2 is 1.96 bits per heavy atom. The predicted octanol–water partition coefficient (Wildman–Crippen LogP) is 1.99. The number of aromatic nitrogens is 2. The molecule has 1 aromatic carbocycles. The molecule has 24 heavy (non-hydrogen) atoms. The summed E-state index contributed by atoms with van der Waals surface area (Å²) in [6.45, 7) is 1.97. The van der Waals surface area contributed by atoms with Gasteiger partial charge in [-0.1, -0.05) is 30.3 Å². The topological polar surface area (TPSA) is 81.2 Å². The summed E-state index contributed by atoms with van der Waals surface area (Å²) in [7, 11) is 0. The molecule has 2 aromatic rings. The normalized spacial score (nSPS) is 10.2. The fourth-order valence-electron chi connectivity index (χ4n) is 1.78. The van der Waals surface area contributed by atoms with Crippen LogP contribution in [0.5, 0.6) is 0 Å². The number of nitrogens with zero attached hydrogens (tertiary/aromatic N) is 2. The van der Waals surface area contributed by atoms with E-state index in [1.165, 1.54) is 18.0 Å². The van der Waals surface area contributed by atoms with Crippen LogP contribution in [-0.2, 0) is 15.3 Å².